The number of ether oxygens (including phenoxy) is 1. The molecule has 0 amide bonds. The maximum absolute atomic E-state index is 5.96. The highest BCUT2D eigenvalue weighted by Crippen LogP contribution is 2.20. The van der Waals surface area contributed by atoms with Gasteiger partial charge >= 0.3 is 0 Å². The SMILES string of the molecule is CN=C(NCCCCN1CCCC1)NCCCOC1CCCCC1.I. The molecule has 0 unspecified atom stereocenters. The van der Waals surface area contributed by atoms with Crippen molar-refractivity contribution < 1.29 is 4.74 Å². The van der Waals surface area contributed by atoms with Crippen LogP contribution in [0.1, 0.15) is 64.2 Å². The summed E-state index contributed by atoms with van der Waals surface area (Å²) in [5.41, 5.74) is 0. The van der Waals surface area contributed by atoms with Crippen molar-refractivity contribution in [3.05, 3.63) is 0 Å². The smallest absolute Gasteiger partial charge is 0.190 e. The standard InChI is InChI=1S/C19H38N4O.HI/c1-20-19(21-12-5-6-14-23-15-7-8-16-23)22-13-9-17-24-18-10-3-2-4-11-18;/h18H,2-17H2,1H3,(H2,20,21,22);1H. The molecule has 6 heteroatoms. The maximum Gasteiger partial charge on any atom is 0.190 e. The molecule has 0 aromatic heterocycles. The van der Waals surface area contributed by atoms with E-state index in [1.54, 1.807) is 0 Å². The Morgan fingerprint density at radius 3 is 2.32 bits per heavy atom. The molecule has 0 aromatic carbocycles. The topological polar surface area (TPSA) is 48.9 Å². The normalized spacial score (nSPS) is 19.6. The van der Waals surface area contributed by atoms with E-state index in [0.717, 1.165) is 32.1 Å². The fourth-order valence-corrected chi connectivity index (χ4v) is 3.65. The first-order valence-electron chi connectivity index (χ1n) is 10.2. The van der Waals surface area contributed by atoms with Crippen molar-refractivity contribution in [1.29, 1.82) is 0 Å². The molecule has 0 spiro atoms. The minimum Gasteiger partial charge on any atom is -0.378 e. The summed E-state index contributed by atoms with van der Waals surface area (Å²) in [6, 6.07) is 0. The fourth-order valence-electron chi connectivity index (χ4n) is 3.65. The minimum atomic E-state index is 0. The quantitative estimate of drug-likeness (QED) is 0.224. The van der Waals surface area contributed by atoms with Crippen LogP contribution in [0.3, 0.4) is 0 Å². The average Bonchev–Trinajstić information content (AvgIpc) is 3.14. The lowest BCUT2D eigenvalue weighted by Crippen LogP contribution is -2.38. The summed E-state index contributed by atoms with van der Waals surface area (Å²) in [5, 5.41) is 6.80. The lowest BCUT2D eigenvalue weighted by atomic mass is 9.98. The zero-order valence-corrected chi connectivity index (χ0v) is 18.4. The molecule has 25 heavy (non-hydrogen) atoms. The molecular weight excluding hydrogens is 427 g/mol. The van der Waals surface area contributed by atoms with Crippen LogP contribution in [0, 0.1) is 0 Å². The lowest BCUT2D eigenvalue weighted by molar-refractivity contribution is 0.0277. The molecular formula is C19H39IN4O. The Labute approximate surface area is 171 Å². The van der Waals surface area contributed by atoms with Gasteiger partial charge in [-0.1, -0.05) is 19.3 Å². The molecule has 0 radical (unpaired) electrons. The van der Waals surface area contributed by atoms with Gasteiger partial charge in [0.15, 0.2) is 5.96 Å². The van der Waals surface area contributed by atoms with Crippen molar-refractivity contribution in [1.82, 2.24) is 15.5 Å². The van der Waals surface area contributed by atoms with Gasteiger partial charge in [0, 0.05) is 26.7 Å². The highest BCUT2D eigenvalue weighted by molar-refractivity contribution is 14.0. The molecule has 1 aliphatic carbocycles. The van der Waals surface area contributed by atoms with Gasteiger partial charge in [0.25, 0.3) is 0 Å². The van der Waals surface area contributed by atoms with E-state index in [-0.39, 0.29) is 24.0 Å². The summed E-state index contributed by atoms with van der Waals surface area (Å²) in [6.45, 7) is 6.67. The highest BCUT2D eigenvalue weighted by atomic mass is 127. The Morgan fingerprint density at radius 1 is 0.960 bits per heavy atom. The Hall–Kier alpha value is -0.0800. The molecule has 1 saturated carbocycles. The fraction of sp³-hybridized carbons (Fsp3) is 0.947. The number of hydrogen-bond donors (Lipinski definition) is 2. The second-order valence-corrected chi connectivity index (χ2v) is 7.17. The Bertz CT molecular complexity index is 342. The average molecular weight is 466 g/mol. The zero-order chi connectivity index (χ0) is 16.9. The summed E-state index contributed by atoms with van der Waals surface area (Å²) in [5.74, 6) is 0.925. The van der Waals surface area contributed by atoms with Crippen molar-refractivity contribution in [2.24, 2.45) is 4.99 Å². The largest absolute Gasteiger partial charge is 0.378 e. The van der Waals surface area contributed by atoms with Gasteiger partial charge in [-0.2, -0.15) is 0 Å². The highest BCUT2D eigenvalue weighted by Gasteiger charge is 2.13. The van der Waals surface area contributed by atoms with Crippen molar-refractivity contribution in [2.45, 2.75) is 70.3 Å². The number of unbranched alkanes of at least 4 members (excludes halogenated alkanes) is 1. The van der Waals surface area contributed by atoms with Gasteiger partial charge in [-0.3, -0.25) is 4.99 Å². The number of guanidine groups is 1. The maximum atomic E-state index is 5.96. The van der Waals surface area contributed by atoms with Crippen LogP contribution in [0.4, 0.5) is 0 Å². The van der Waals surface area contributed by atoms with Gasteiger partial charge in [-0.25, -0.2) is 0 Å². The monoisotopic (exact) mass is 466 g/mol. The molecule has 0 atom stereocenters. The summed E-state index contributed by atoms with van der Waals surface area (Å²) in [4.78, 5) is 6.88. The van der Waals surface area contributed by atoms with E-state index < -0.39 is 0 Å². The van der Waals surface area contributed by atoms with Crippen LogP contribution >= 0.6 is 24.0 Å². The molecule has 0 bridgehead atoms. The van der Waals surface area contributed by atoms with Crippen LogP contribution in [-0.2, 0) is 4.74 Å². The van der Waals surface area contributed by atoms with E-state index >= 15 is 0 Å². The summed E-state index contributed by atoms with van der Waals surface area (Å²) < 4.78 is 5.96. The first-order valence-corrected chi connectivity index (χ1v) is 10.2. The first kappa shape index (κ1) is 23.0. The van der Waals surface area contributed by atoms with E-state index in [2.05, 4.69) is 20.5 Å². The van der Waals surface area contributed by atoms with Gasteiger partial charge in [-0.05, 0) is 64.6 Å². The van der Waals surface area contributed by atoms with Gasteiger partial charge in [0.05, 0.1) is 6.10 Å². The predicted octanol–water partition coefficient (Wildman–Crippen LogP) is 3.38. The van der Waals surface area contributed by atoms with Crippen LogP contribution in [-0.4, -0.2) is 63.3 Å². The summed E-state index contributed by atoms with van der Waals surface area (Å²) in [7, 11) is 1.85. The van der Waals surface area contributed by atoms with Crippen LogP contribution < -0.4 is 10.6 Å². The molecule has 1 aliphatic heterocycles. The lowest BCUT2D eigenvalue weighted by Gasteiger charge is -2.22. The Morgan fingerprint density at radius 2 is 1.64 bits per heavy atom. The number of nitrogens with one attached hydrogen (secondary N) is 2. The molecule has 1 heterocycles. The minimum absolute atomic E-state index is 0. The second-order valence-electron chi connectivity index (χ2n) is 7.17. The number of hydrogen-bond acceptors (Lipinski definition) is 3. The number of likely N-dealkylation sites (tertiary alicyclic amines) is 1. The number of halogens is 1. The van der Waals surface area contributed by atoms with E-state index in [0.29, 0.717) is 6.10 Å². The van der Waals surface area contributed by atoms with Crippen LogP contribution in [0.2, 0.25) is 0 Å². The zero-order valence-electron chi connectivity index (χ0n) is 16.1. The number of rotatable bonds is 10. The molecule has 5 nitrogen and oxygen atoms in total. The van der Waals surface area contributed by atoms with Gasteiger partial charge in [-0.15, -0.1) is 24.0 Å². The molecule has 2 aliphatic rings. The molecule has 2 rings (SSSR count). The van der Waals surface area contributed by atoms with Gasteiger partial charge in [0.1, 0.15) is 0 Å². The van der Waals surface area contributed by atoms with Crippen LogP contribution in [0.25, 0.3) is 0 Å². The van der Waals surface area contributed by atoms with E-state index in [4.69, 9.17) is 4.74 Å². The third-order valence-electron chi connectivity index (χ3n) is 5.14. The van der Waals surface area contributed by atoms with E-state index in [9.17, 15) is 0 Å². The molecule has 0 aromatic rings. The Kier molecular flexibility index (Phi) is 13.8. The molecule has 2 N–H and O–H groups in total. The third-order valence-corrected chi connectivity index (χ3v) is 5.14. The van der Waals surface area contributed by atoms with Crippen molar-refractivity contribution in [3.8, 4) is 0 Å². The van der Waals surface area contributed by atoms with Gasteiger partial charge < -0.3 is 20.3 Å². The number of aliphatic imine (C=N–C) groups is 1. The molecule has 1 saturated heterocycles. The van der Waals surface area contributed by atoms with E-state index in [1.165, 1.54) is 77.4 Å². The third kappa shape index (κ3) is 10.6. The van der Waals surface area contributed by atoms with Crippen molar-refractivity contribution in [2.75, 3.05) is 46.4 Å². The van der Waals surface area contributed by atoms with Crippen LogP contribution in [0.5, 0.6) is 0 Å². The first-order chi connectivity index (χ1) is 11.9. The molecule has 2 fully saturated rings. The van der Waals surface area contributed by atoms with Crippen molar-refractivity contribution in [3.63, 3.8) is 0 Å². The number of nitrogens with zero attached hydrogens (tertiary/aromatic N) is 2. The predicted molar refractivity (Wildman–Crippen MR) is 117 cm³/mol. The summed E-state index contributed by atoms with van der Waals surface area (Å²) in [6.07, 6.45) is 13.4. The Balaban J connectivity index is 0.00000312. The second kappa shape index (κ2) is 15.0. The van der Waals surface area contributed by atoms with Gasteiger partial charge in [0.2, 0.25) is 0 Å². The molecule has 148 valence electrons. The van der Waals surface area contributed by atoms with Crippen LogP contribution in [0.15, 0.2) is 4.99 Å². The van der Waals surface area contributed by atoms with E-state index in [1.807, 2.05) is 7.05 Å². The van der Waals surface area contributed by atoms with Crippen molar-refractivity contribution >= 4 is 29.9 Å². The summed E-state index contributed by atoms with van der Waals surface area (Å²) >= 11 is 0.